The van der Waals surface area contributed by atoms with Crippen molar-refractivity contribution in [2.45, 2.75) is 19.1 Å². The predicted molar refractivity (Wildman–Crippen MR) is 130 cm³/mol. The lowest BCUT2D eigenvalue weighted by Gasteiger charge is -2.39. The highest BCUT2D eigenvalue weighted by atomic mass is 16.4. The number of hydrogen-bond donors (Lipinski definition) is 1. The third-order valence-corrected chi connectivity index (χ3v) is 6.27. The molecular weight excluding hydrogens is 426 g/mol. The highest BCUT2D eigenvalue weighted by molar-refractivity contribution is 5.91. The molecule has 0 spiro atoms. The SMILES string of the molecule is O=C(NCc1ccco1)c1ccc(CN2CCN(C(c3ccccc3)c3ccccc3)CC2)o1. The second-order valence-corrected chi connectivity index (χ2v) is 8.56. The van der Waals surface area contributed by atoms with Gasteiger partial charge >= 0.3 is 0 Å². The van der Waals surface area contributed by atoms with Gasteiger partial charge in [0.25, 0.3) is 5.91 Å². The summed E-state index contributed by atoms with van der Waals surface area (Å²) in [7, 11) is 0. The summed E-state index contributed by atoms with van der Waals surface area (Å²) in [4.78, 5) is 17.3. The van der Waals surface area contributed by atoms with Crippen LogP contribution in [0.4, 0.5) is 0 Å². The lowest BCUT2D eigenvalue weighted by molar-refractivity contribution is 0.0898. The first-order valence-corrected chi connectivity index (χ1v) is 11.7. The smallest absolute Gasteiger partial charge is 0.287 e. The summed E-state index contributed by atoms with van der Waals surface area (Å²) in [6.45, 7) is 4.85. The van der Waals surface area contributed by atoms with Crippen molar-refractivity contribution in [1.82, 2.24) is 15.1 Å². The van der Waals surface area contributed by atoms with Gasteiger partial charge in [-0.05, 0) is 35.4 Å². The molecule has 174 valence electrons. The second kappa shape index (κ2) is 10.5. The molecule has 0 radical (unpaired) electrons. The number of nitrogens with one attached hydrogen (secondary N) is 1. The first kappa shape index (κ1) is 22.2. The summed E-state index contributed by atoms with van der Waals surface area (Å²) in [5.41, 5.74) is 2.64. The monoisotopic (exact) mass is 455 g/mol. The third-order valence-electron chi connectivity index (χ3n) is 6.27. The van der Waals surface area contributed by atoms with Gasteiger partial charge in [0.05, 0.1) is 25.4 Å². The number of carbonyl (C=O) groups excluding carboxylic acids is 1. The van der Waals surface area contributed by atoms with Crippen molar-refractivity contribution in [3.63, 3.8) is 0 Å². The summed E-state index contributed by atoms with van der Waals surface area (Å²) in [5.74, 6) is 1.61. The molecule has 1 aliphatic heterocycles. The molecule has 0 bridgehead atoms. The molecule has 4 aromatic rings. The van der Waals surface area contributed by atoms with Gasteiger partial charge < -0.3 is 14.2 Å². The standard InChI is InChI=1S/C28H29N3O3/c32-28(29-20-24-12-7-19-33-24)26-14-13-25(34-26)21-30-15-17-31(18-16-30)27(22-8-3-1-4-9-22)23-10-5-2-6-11-23/h1-14,19,27H,15-18,20-21H2,(H,29,32). The first-order valence-electron chi connectivity index (χ1n) is 11.7. The second-order valence-electron chi connectivity index (χ2n) is 8.56. The maximum atomic E-state index is 12.4. The van der Waals surface area contributed by atoms with Crippen LogP contribution in [0.15, 0.2) is 100 Å². The molecule has 0 unspecified atom stereocenters. The maximum Gasteiger partial charge on any atom is 0.287 e. The number of nitrogens with zero attached hydrogens (tertiary/aromatic N) is 2. The van der Waals surface area contributed by atoms with Gasteiger partial charge in [0.15, 0.2) is 5.76 Å². The van der Waals surface area contributed by atoms with Crippen molar-refractivity contribution < 1.29 is 13.6 Å². The van der Waals surface area contributed by atoms with Crippen LogP contribution in [0.2, 0.25) is 0 Å². The van der Waals surface area contributed by atoms with Gasteiger partial charge in [0.1, 0.15) is 11.5 Å². The largest absolute Gasteiger partial charge is 0.467 e. The normalized spacial score (nSPS) is 15.0. The van der Waals surface area contributed by atoms with E-state index in [1.165, 1.54) is 11.1 Å². The van der Waals surface area contributed by atoms with Crippen LogP contribution in [0.25, 0.3) is 0 Å². The van der Waals surface area contributed by atoms with Crippen LogP contribution in [-0.4, -0.2) is 41.9 Å². The summed E-state index contributed by atoms with van der Waals surface area (Å²) < 4.78 is 11.1. The summed E-state index contributed by atoms with van der Waals surface area (Å²) in [6.07, 6.45) is 1.59. The van der Waals surface area contributed by atoms with Crippen LogP contribution in [-0.2, 0) is 13.1 Å². The van der Waals surface area contributed by atoms with E-state index >= 15 is 0 Å². The van der Waals surface area contributed by atoms with E-state index in [1.807, 2.05) is 12.1 Å². The molecular formula is C28H29N3O3. The van der Waals surface area contributed by atoms with Crippen LogP contribution in [0, 0.1) is 0 Å². The minimum atomic E-state index is -0.235. The van der Waals surface area contributed by atoms with Gasteiger partial charge in [-0.1, -0.05) is 60.7 Å². The maximum absolute atomic E-state index is 12.4. The predicted octanol–water partition coefficient (Wildman–Crippen LogP) is 4.71. The van der Waals surface area contributed by atoms with E-state index in [4.69, 9.17) is 8.83 Å². The van der Waals surface area contributed by atoms with Gasteiger partial charge in [-0.25, -0.2) is 0 Å². The quantitative estimate of drug-likeness (QED) is 0.417. The Morgan fingerprint density at radius 1 is 0.794 bits per heavy atom. The minimum absolute atomic E-state index is 0.235. The van der Waals surface area contributed by atoms with Crippen molar-refractivity contribution in [3.8, 4) is 0 Å². The van der Waals surface area contributed by atoms with Crippen molar-refractivity contribution in [2.24, 2.45) is 0 Å². The van der Waals surface area contributed by atoms with E-state index in [2.05, 4.69) is 75.8 Å². The Bertz CT molecular complexity index is 1120. The summed E-state index contributed by atoms with van der Waals surface area (Å²) in [6, 6.07) is 28.9. The van der Waals surface area contributed by atoms with Gasteiger partial charge in [-0.2, -0.15) is 0 Å². The lowest BCUT2D eigenvalue weighted by atomic mass is 9.96. The molecule has 34 heavy (non-hydrogen) atoms. The van der Waals surface area contributed by atoms with Crippen LogP contribution in [0.3, 0.4) is 0 Å². The van der Waals surface area contributed by atoms with Gasteiger partial charge in [0.2, 0.25) is 0 Å². The molecule has 0 saturated carbocycles. The molecule has 6 nitrogen and oxygen atoms in total. The summed E-state index contributed by atoms with van der Waals surface area (Å²) in [5, 5.41) is 2.82. The van der Waals surface area contributed by atoms with E-state index < -0.39 is 0 Å². The van der Waals surface area contributed by atoms with Crippen LogP contribution in [0.1, 0.15) is 39.2 Å². The Morgan fingerprint density at radius 3 is 2.09 bits per heavy atom. The Kier molecular flexibility index (Phi) is 6.89. The topological polar surface area (TPSA) is 61.9 Å². The zero-order valence-electron chi connectivity index (χ0n) is 19.1. The van der Waals surface area contributed by atoms with E-state index in [-0.39, 0.29) is 11.9 Å². The van der Waals surface area contributed by atoms with Gasteiger partial charge in [0, 0.05) is 26.2 Å². The molecule has 2 aromatic heterocycles. The third kappa shape index (κ3) is 5.30. The molecule has 2 aromatic carbocycles. The number of piperazine rings is 1. The zero-order chi connectivity index (χ0) is 23.2. The minimum Gasteiger partial charge on any atom is -0.467 e. The van der Waals surface area contributed by atoms with Crippen LogP contribution < -0.4 is 5.32 Å². The molecule has 3 heterocycles. The van der Waals surface area contributed by atoms with E-state index in [9.17, 15) is 4.79 Å². The zero-order valence-corrected chi connectivity index (χ0v) is 19.1. The number of hydrogen-bond acceptors (Lipinski definition) is 5. The molecule has 0 aliphatic carbocycles. The highest BCUT2D eigenvalue weighted by Crippen LogP contribution is 2.29. The first-order chi connectivity index (χ1) is 16.8. The fraction of sp³-hybridized carbons (Fsp3) is 0.250. The number of rotatable bonds is 8. The van der Waals surface area contributed by atoms with E-state index in [1.54, 1.807) is 18.4 Å². The number of amides is 1. The van der Waals surface area contributed by atoms with Crippen molar-refractivity contribution in [1.29, 1.82) is 0 Å². The molecule has 5 rings (SSSR count). The van der Waals surface area contributed by atoms with E-state index in [0.29, 0.717) is 24.6 Å². The molecule has 1 saturated heterocycles. The Morgan fingerprint density at radius 2 is 1.47 bits per heavy atom. The molecule has 0 atom stereocenters. The van der Waals surface area contributed by atoms with Gasteiger partial charge in [-0.15, -0.1) is 0 Å². The average molecular weight is 456 g/mol. The van der Waals surface area contributed by atoms with E-state index in [0.717, 1.165) is 31.9 Å². The number of furan rings is 2. The highest BCUT2D eigenvalue weighted by Gasteiger charge is 2.26. The fourth-order valence-corrected chi connectivity index (χ4v) is 4.54. The number of benzene rings is 2. The Hall–Kier alpha value is -3.61. The van der Waals surface area contributed by atoms with Crippen LogP contribution in [0.5, 0.6) is 0 Å². The summed E-state index contributed by atoms with van der Waals surface area (Å²) >= 11 is 0. The van der Waals surface area contributed by atoms with Gasteiger partial charge in [-0.3, -0.25) is 14.6 Å². The number of carbonyl (C=O) groups is 1. The Balaban J connectivity index is 1.18. The fourth-order valence-electron chi connectivity index (χ4n) is 4.54. The molecule has 1 aliphatic rings. The van der Waals surface area contributed by atoms with Crippen molar-refractivity contribution >= 4 is 5.91 Å². The molecule has 1 amide bonds. The van der Waals surface area contributed by atoms with Crippen molar-refractivity contribution in [3.05, 3.63) is 120 Å². The van der Waals surface area contributed by atoms with Crippen LogP contribution >= 0.6 is 0 Å². The average Bonchev–Trinajstić information content (AvgIpc) is 3.58. The molecule has 1 fully saturated rings. The Labute approximate surface area is 199 Å². The lowest BCUT2D eigenvalue weighted by Crippen LogP contribution is -2.47. The van der Waals surface area contributed by atoms with Crippen molar-refractivity contribution in [2.75, 3.05) is 26.2 Å². The molecule has 1 N–H and O–H groups in total. The molecule has 6 heteroatoms.